The third kappa shape index (κ3) is 6.03. The minimum atomic E-state index is -3.89. The molecular weight excluding hydrogens is 532 g/mol. The van der Waals surface area contributed by atoms with Crippen LogP contribution in [0, 0.1) is 0 Å². The van der Waals surface area contributed by atoms with Crippen LogP contribution in [0.3, 0.4) is 0 Å². The molecule has 0 bridgehead atoms. The van der Waals surface area contributed by atoms with Crippen LogP contribution < -0.4 is 10.0 Å². The number of nitrogens with zero attached hydrogens (tertiary/aromatic N) is 1. The minimum Gasteiger partial charge on any atom is -0.355 e. The molecule has 0 radical (unpaired) electrons. The van der Waals surface area contributed by atoms with Gasteiger partial charge in [-0.2, -0.15) is 0 Å². The number of halogens is 1. The van der Waals surface area contributed by atoms with Crippen LogP contribution in [-0.2, 0) is 21.2 Å². The molecule has 4 aromatic rings. The Kier molecular flexibility index (Phi) is 7.79. The fourth-order valence-electron chi connectivity index (χ4n) is 4.88. The Bertz CT molecular complexity index is 1670. The highest BCUT2D eigenvalue weighted by Gasteiger charge is 2.27. The number of fused-ring (bicyclic) bond motifs is 2. The molecule has 7 nitrogen and oxygen atoms in total. The van der Waals surface area contributed by atoms with Crippen molar-refractivity contribution in [1.82, 2.24) is 9.88 Å². The Balaban J connectivity index is 1.39. The normalized spacial score (nSPS) is 14.3. The lowest BCUT2D eigenvalue weighted by molar-refractivity contribution is -0.110. The SMILES string of the molecule is CCN(CC)CCCc1ccc2[nH]c(C=C3C(=O)Nc4ccc(S(=O)(=O)Nc5cccc(Cl)c5)cc43)cc2c1. The number of anilines is 2. The van der Waals surface area contributed by atoms with Gasteiger partial charge >= 0.3 is 0 Å². The highest BCUT2D eigenvalue weighted by molar-refractivity contribution is 7.92. The molecule has 1 aromatic heterocycles. The first-order valence-corrected chi connectivity index (χ1v) is 14.9. The fraction of sp³-hybridized carbons (Fsp3) is 0.233. The Hall–Kier alpha value is -3.59. The topological polar surface area (TPSA) is 94.3 Å². The van der Waals surface area contributed by atoms with Gasteiger partial charge in [0.1, 0.15) is 0 Å². The number of amides is 1. The predicted molar refractivity (Wildman–Crippen MR) is 160 cm³/mol. The number of H-pyrrole nitrogens is 1. The van der Waals surface area contributed by atoms with Gasteiger partial charge in [0.15, 0.2) is 0 Å². The van der Waals surface area contributed by atoms with E-state index in [4.69, 9.17) is 11.6 Å². The van der Waals surface area contributed by atoms with E-state index in [1.807, 2.05) is 6.07 Å². The van der Waals surface area contributed by atoms with E-state index in [1.54, 1.807) is 30.3 Å². The number of sulfonamides is 1. The van der Waals surface area contributed by atoms with Crippen LogP contribution in [0.5, 0.6) is 0 Å². The van der Waals surface area contributed by atoms with Crippen LogP contribution in [-0.4, -0.2) is 43.8 Å². The molecule has 5 rings (SSSR count). The Labute approximate surface area is 233 Å². The smallest absolute Gasteiger partial charge is 0.261 e. The van der Waals surface area contributed by atoms with Gasteiger partial charge in [0.25, 0.3) is 15.9 Å². The van der Waals surface area contributed by atoms with Crippen molar-refractivity contribution in [2.75, 3.05) is 29.7 Å². The molecule has 39 heavy (non-hydrogen) atoms. The average molecular weight is 563 g/mol. The molecule has 0 saturated heterocycles. The van der Waals surface area contributed by atoms with Crippen molar-refractivity contribution >= 4 is 61.5 Å². The number of carbonyl (C=O) groups excluding carboxylic acids is 1. The third-order valence-electron chi connectivity index (χ3n) is 7.00. The second-order valence-corrected chi connectivity index (χ2v) is 11.7. The number of rotatable bonds is 10. The van der Waals surface area contributed by atoms with Gasteiger partial charge in [-0.3, -0.25) is 9.52 Å². The maximum absolute atomic E-state index is 13.1. The van der Waals surface area contributed by atoms with Gasteiger partial charge in [-0.1, -0.05) is 37.6 Å². The summed E-state index contributed by atoms with van der Waals surface area (Å²) in [6.45, 7) is 7.58. The van der Waals surface area contributed by atoms with Crippen LogP contribution >= 0.6 is 11.6 Å². The van der Waals surface area contributed by atoms with Gasteiger partial charge in [0, 0.05) is 32.9 Å². The molecule has 9 heteroatoms. The Morgan fingerprint density at radius 3 is 2.59 bits per heavy atom. The summed E-state index contributed by atoms with van der Waals surface area (Å²) in [5, 5.41) is 4.33. The Morgan fingerprint density at radius 2 is 1.82 bits per heavy atom. The molecule has 1 aliphatic rings. The lowest BCUT2D eigenvalue weighted by atomic mass is 10.1. The number of benzene rings is 3. The van der Waals surface area contributed by atoms with Crippen LogP contribution in [0.1, 0.15) is 37.1 Å². The van der Waals surface area contributed by atoms with Gasteiger partial charge < -0.3 is 15.2 Å². The number of carbonyl (C=O) groups is 1. The van der Waals surface area contributed by atoms with Crippen LogP contribution in [0.2, 0.25) is 5.02 Å². The van der Waals surface area contributed by atoms with Crippen LogP contribution in [0.4, 0.5) is 11.4 Å². The zero-order valence-electron chi connectivity index (χ0n) is 21.9. The Morgan fingerprint density at radius 1 is 1.00 bits per heavy atom. The van der Waals surface area contributed by atoms with Crippen molar-refractivity contribution in [1.29, 1.82) is 0 Å². The van der Waals surface area contributed by atoms with Gasteiger partial charge in [0.2, 0.25) is 0 Å². The summed E-state index contributed by atoms with van der Waals surface area (Å²) in [6, 6.07) is 19.5. The molecule has 1 amide bonds. The second kappa shape index (κ2) is 11.3. The molecule has 0 fully saturated rings. The van der Waals surface area contributed by atoms with E-state index < -0.39 is 10.0 Å². The molecule has 0 saturated carbocycles. The van der Waals surface area contributed by atoms with Gasteiger partial charge in [-0.05, 0) is 98.7 Å². The first-order valence-electron chi connectivity index (χ1n) is 13.1. The maximum atomic E-state index is 13.1. The van der Waals surface area contributed by atoms with Crippen LogP contribution in [0.15, 0.2) is 71.6 Å². The summed E-state index contributed by atoms with van der Waals surface area (Å²) in [5.74, 6) is -0.280. The molecule has 2 heterocycles. The zero-order chi connectivity index (χ0) is 27.6. The van der Waals surface area contributed by atoms with Crippen LogP contribution in [0.25, 0.3) is 22.6 Å². The molecule has 3 aromatic carbocycles. The van der Waals surface area contributed by atoms with E-state index in [1.165, 1.54) is 23.8 Å². The van der Waals surface area contributed by atoms with Crippen molar-refractivity contribution in [2.45, 2.75) is 31.6 Å². The lowest BCUT2D eigenvalue weighted by Gasteiger charge is -2.17. The monoisotopic (exact) mass is 562 g/mol. The van der Waals surface area contributed by atoms with E-state index in [2.05, 4.69) is 52.0 Å². The third-order valence-corrected chi connectivity index (χ3v) is 8.62. The second-order valence-electron chi connectivity index (χ2n) is 9.61. The van der Waals surface area contributed by atoms with Gasteiger partial charge in [-0.15, -0.1) is 0 Å². The summed E-state index contributed by atoms with van der Waals surface area (Å²) in [7, 11) is -3.89. The van der Waals surface area contributed by atoms with E-state index in [0.717, 1.165) is 49.1 Å². The van der Waals surface area contributed by atoms with E-state index >= 15 is 0 Å². The number of aryl methyl sites for hydroxylation is 1. The van der Waals surface area contributed by atoms with Crippen molar-refractivity contribution in [3.8, 4) is 0 Å². The molecule has 0 spiro atoms. The molecule has 202 valence electrons. The molecule has 0 aliphatic carbocycles. The van der Waals surface area contributed by atoms with Crippen molar-refractivity contribution in [3.63, 3.8) is 0 Å². The molecule has 0 atom stereocenters. The number of hydrogen-bond donors (Lipinski definition) is 3. The first kappa shape index (κ1) is 27.0. The van der Waals surface area contributed by atoms with E-state index in [0.29, 0.717) is 27.5 Å². The largest absolute Gasteiger partial charge is 0.355 e. The zero-order valence-corrected chi connectivity index (χ0v) is 23.5. The van der Waals surface area contributed by atoms with Crippen molar-refractivity contribution in [3.05, 3.63) is 88.6 Å². The first-order chi connectivity index (χ1) is 18.8. The molecule has 3 N–H and O–H groups in total. The summed E-state index contributed by atoms with van der Waals surface area (Å²) in [6.07, 6.45) is 3.87. The fourth-order valence-corrected chi connectivity index (χ4v) is 6.15. The molecular formula is C30H31ClN4O3S. The lowest BCUT2D eigenvalue weighted by Crippen LogP contribution is -2.24. The van der Waals surface area contributed by atoms with E-state index in [-0.39, 0.29) is 10.8 Å². The number of aromatic nitrogens is 1. The summed E-state index contributed by atoms with van der Waals surface area (Å²) < 4.78 is 28.7. The average Bonchev–Trinajstić information content (AvgIpc) is 3.45. The molecule has 1 aliphatic heterocycles. The maximum Gasteiger partial charge on any atom is 0.261 e. The summed E-state index contributed by atoms with van der Waals surface area (Å²) in [4.78, 5) is 18.7. The van der Waals surface area contributed by atoms with Crippen molar-refractivity contribution < 1.29 is 13.2 Å². The highest BCUT2D eigenvalue weighted by atomic mass is 35.5. The molecule has 0 unspecified atom stereocenters. The standard InChI is InChI=1S/C30H31ClN4O3S/c1-3-35(4-2)14-6-7-20-10-12-28-21(15-20)16-24(32-28)18-27-26-19-25(11-13-29(26)33-30(27)36)39(37,38)34-23-9-5-8-22(31)17-23/h5,8-13,15-19,32,34H,3-4,6-7,14H2,1-2H3,(H,33,36). The number of aromatic amines is 1. The summed E-state index contributed by atoms with van der Waals surface area (Å²) >= 11 is 6.00. The van der Waals surface area contributed by atoms with Gasteiger partial charge in [0.05, 0.1) is 16.2 Å². The highest BCUT2D eigenvalue weighted by Crippen LogP contribution is 2.35. The minimum absolute atomic E-state index is 0.0506. The van der Waals surface area contributed by atoms with E-state index in [9.17, 15) is 13.2 Å². The van der Waals surface area contributed by atoms with Gasteiger partial charge in [-0.25, -0.2) is 8.42 Å². The number of nitrogens with one attached hydrogen (secondary N) is 3. The quantitative estimate of drug-likeness (QED) is 0.195. The summed E-state index contributed by atoms with van der Waals surface area (Å²) in [5.41, 5.74) is 4.89. The van der Waals surface area contributed by atoms with Crippen molar-refractivity contribution in [2.24, 2.45) is 0 Å². The number of hydrogen-bond acceptors (Lipinski definition) is 4. The predicted octanol–water partition coefficient (Wildman–Crippen LogP) is 6.39.